The first-order chi connectivity index (χ1) is 11.7. The maximum absolute atomic E-state index is 12.8. The van der Waals surface area contributed by atoms with Crippen LogP contribution in [-0.4, -0.2) is 32.8 Å². The minimum atomic E-state index is -3.68. The molecule has 0 heterocycles. The predicted molar refractivity (Wildman–Crippen MR) is 97.1 cm³/mol. The number of benzene rings is 2. The van der Waals surface area contributed by atoms with Crippen molar-refractivity contribution in [2.24, 2.45) is 0 Å². The van der Waals surface area contributed by atoms with Gasteiger partial charge in [-0.25, -0.2) is 8.42 Å². The number of hydrogen-bond acceptors (Lipinski definition) is 4. The summed E-state index contributed by atoms with van der Waals surface area (Å²) in [5.74, 6) is 0.0328. The normalized spacial score (nSPS) is 11.4. The third-order valence-corrected chi connectivity index (χ3v) is 5.52. The number of carbonyl (C=O) groups excluding carboxylic acids is 1. The van der Waals surface area contributed by atoms with Gasteiger partial charge in [-0.2, -0.15) is 4.31 Å². The van der Waals surface area contributed by atoms with E-state index in [0.29, 0.717) is 11.4 Å². The molecule has 0 aliphatic rings. The molecule has 0 unspecified atom stereocenters. The lowest BCUT2D eigenvalue weighted by Gasteiger charge is -2.18. The molecule has 25 heavy (non-hydrogen) atoms. The van der Waals surface area contributed by atoms with Crippen LogP contribution in [0.15, 0.2) is 47.4 Å². The van der Waals surface area contributed by atoms with Crippen molar-refractivity contribution in [1.82, 2.24) is 4.31 Å². The second kappa shape index (κ2) is 7.67. The van der Waals surface area contributed by atoms with Gasteiger partial charge in [0.2, 0.25) is 15.9 Å². The van der Waals surface area contributed by atoms with Crippen molar-refractivity contribution in [2.75, 3.05) is 19.5 Å². The molecule has 0 radical (unpaired) electrons. The van der Waals surface area contributed by atoms with Crippen LogP contribution in [0, 0.1) is 6.92 Å². The van der Waals surface area contributed by atoms with Crippen LogP contribution in [0.1, 0.15) is 18.1 Å². The molecule has 134 valence electrons. The highest BCUT2D eigenvalue weighted by Crippen LogP contribution is 2.29. The fraction of sp³-hybridized carbons (Fsp3) is 0.278. The van der Waals surface area contributed by atoms with Crippen LogP contribution in [-0.2, 0) is 21.4 Å². The van der Waals surface area contributed by atoms with E-state index in [1.54, 1.807) is 0 Å². The number of hydrogen-bond donors (Lipinski definition) is 1. The number of nitrogens with one attached hydrogen (secondary N) is 1. The van der Waals surface area contributed by atoms with Crippen molar-refractivity contribution in [3.05, 3.63) is 53.6 Å². The SMILES string of the molecule is COc1cc(S(=O)(=O)N(C)Cc2ccc(C)cc2)ccc1NC(C)=O. The van der Waals surface area contributed by atoms with Crippen molar-refractivity contribution in [2.45, 2.75) is 25.3 Å². The Hall–Kier alpha value is -2.38. The third kappa shape index (κ3) is 4.58. The van der Waals surface area contributed by atoms with E-state index in [-0.39, 0.29) is 17.3 Å². The van der Waals surface area contributed by atoms with E-state index in [1.807, 2.05) is 31.2 Å². The van der Waals surface area contributed by atoms with Gasteiger partial charge < -0.3 is 10.1 Å². The smallest absolute Gasteiger partial charge is 0.243 e. The van der Waals surface area contributed by atoms with E-state index in [2.05, 4.69) is 5.32 Å². The summed E-state index contributed by atoms with van der Waals surface area (Å²) in [6, 6.07) is 12.1. The largest absolute Gasteiger partial charge is 0.495 e. The van der Waals surface area contributed by atoms with Crippen LogP contribution >= 0.6 is 0 Å². The van der Waals surface area contributed by atoms with Gasteiger partial charge in [0.25, 0.3) is 0 Å². The molecule has 0 aliphatic carbocycles. The first-order valence-electron chi connectivity index (χ1n) is 7.71. The number of rotatable bonds is 6. The summed E-state index contributed by atoms with van der Waals surface area (Å²) in [5, 5.41) is 2.60. The zero-order chi connectivity index (χ0) is 18.6. The number of sulfonamides is 1. The van der Waals surface area contributed by atoms with Gasteiger partial charge in [0, 0.05) is 26.6 Å². The van der Waals surface area contributed by atoms with Gasteiger partial charge in [-0.15, -0.1) is 0 Å². The molecule has 6 nitrogen and oxygen atoms in total. The van der Waals surface area contributed by atoms with Gasteiger partial charge >= 0.3 is 0 Å². The summed E-state index contributed by atoms with van der Waals surface area (Å²) in [4.78, 5) is 11.3. The van der Waals surface area contributed by atoms with Crippen molar-refractivity contribution >= 4 is 21.6 Å². The Morgan fingerprint density at radius 2 is 1.80 bits per heavy atom. The standard InChI is InChI=1S/C18H22N2O4S/c1-13-5-7-15(8-6-13)12-20(3)25(22,23)16-9-10-17(19-14(2)21)18(11-16)24-4/h5-11H,12H2,1-4H3,(H,19,21). The Morgan fingerprint density at radius 3 is 2.36 bits per heavy atom. The zero-order valence-electron chi connectivity index (χ0n) is 14.7. The zero-order valence-corrected chi connectivity index (χ0v) is 15.6. The van der Waals surface area contributed by atoms with Gasteiger partial charge in [0.15, 0.2) is 0 Å². The highest BCUT2D eigenvalue weighted by atomic mass is 32.2. The number of aryl methyl sites for hydroxylation is 1. The van der Waals surface area contributed by atoms with E-state index in [4.69, 9.17) is 4.74 Å². The van der Waals surface area contributed by atoms with Crippen molar-refractivity contribution < 1.29 is 17.9 Å². The first kappa shape index (κ1) is 19.0. The lowest BCUT2D eigenvalue weighted by Crippen LogP contribution is -2.26. The monoisotopic (exact) mass is 362 g/mol. The summed E-state index contributed by atoms with van der Waals surface area (Å²) < 4.78 is 32.1. The number of ether oxygens (including phenoxy) is 1. The number of amides is 1. The van der Waals surface area contributed by atoms with E-state index in [0.717, 1.165) is 11.1 Å². The highest BCUT2D eigenvalue weighted by Gasteiger charge is 2.22. The highest BCUT2D eigenvalue weighted by molar-refractivity contribution is 7.89. The van der Waals surface area contributed by atoms with Gasteiger partial charge in [-0.3, -0.25) is 4.79 Å². The molecule has 0 spiro atoms. The van der Waals surface area contributed by atoms with Crippen LogP contribution in [0.2, 0.25) is 0 Å². The Balaban J connectivity index is 2.28. The third-order valence-electron chi connectivity index (χ3n) is 3.72. The van der Waals surface area contributed by atoms with E-state index in [1.165, 1.54) is 43.6 Å². The van der Waals surface area contributed by atoms with Crippen molar-refractivity contribution in [3.63, 3.8) is 0 Å². The minimum Gasteiger partial charge on any atom is -0.495 e. The molecule has 0 atom stereocenters. The number of methoxy groups -OCH3 is 1. The lowest BCUT2D eigenvalue weighted by molar-refractivity contribution is -0.114. The molecule has 2 aromatic rings. The summed E-state index contributed by atoms with van der Waals surface area (Å²) in [5.41, 5.74) is 2.45. The van der Waals surface area contributed by atoms with Crippen LogP contribution in [0.5, 0.6) is 5.75 Å². The first-order valence-corrected chi connectivity index (χ1v) is 9.15. The summed E-state index contributed by atoms with van der Waals surface area (Å²) in [6.45, 7) is 3.62. The minimum absolute atomic E-state index is 0.105. The van der Waals surface area contributed by atoms with Gasteiger partial charge in [-0.1, -0.05) is 29.8 Å². The van der Waals surface area contributed by atoms with Crippen molar-refractivity contribution in [3.8, 4) is 5.75 Å². The van der Waals surface area contributed by atoms with Crippen LogP contribution in [0.4, 0.5) is 5.69 Å². The van der Waals surface area contributed by atoms with E-state index < -0.39 is 10.0 Å². The summed E-state index contributed by atoms with van der Waals surface area (Å²) in [7, 11) is -0.730. The Bertz CT molecular complexity index is 861. The van der Waals surface area contributed by atoms with Crippen LogP contribution < -0.4 is 10.1 Å². The fourth-order valence-corrected chi connectivity index (χ4v) is 3.52. The molecule has 2 rings (SSSR count). The molecule has 1 amide bonds. The molecule has 0 saturated heterocycles. The topological polar surface area (TPSA) is 75.7 Å². The van der Waals surface area contributed by atoms with Gasteiger partial charge in [-0.05, 0) is 24.6 Å². The average molecular weight is 362 g/mol. The second-order valence-electron chi connectivity index (χ2n) is 5.79. The predicted octanol–water partition coefficient (Wildman–Crippen LogP) is 2.78. The molecule has 2 aromatic carbocycles. The Kier molecular flexibility index (Phi) is 5.81. The molecule has 0 fully saturated rings. The maximum Gasteiger partial charge on any atom is 0.243 e. The quantitative estimate of drug-likeness (QED) is 0.857. The number of carbonyl (C=O) groups is 1. The van der Waals surface area contributed by atoms with E-state index >= 15 is 0 Å². The Labute approximate surface area is 148 Å². The molecular formula is C18H22N2O4S. The molecule has 1 N–H and O–H groups in total. The van der Waals surface area contributed by atoms with Crippen LogP contribution in [0.25, 0.3) is 0 Å². The molecule has 0 saturated carbocycles. The number of anilines is 1. The van der Waals surface area contributed by atoms with Crippen molar-refractivity contribution in [1.29, 1.82) is 0 Å². The van der Waals surface area contributed by atoms with Crippen LogP contribution in [0.3, 0.4) is 0 Å². The molecule has 0 aliphatic heterocycles. The van der Waals surface area contributed by atoms with E-state index in [9.17, 15) is 13.2 Å². The van der Waals surface area contributed by atoms with Gasteiger partial charge in [0.1, 0.15) is 5.75 Å². The molecule has 0 bridgehead atoms. The molecular weight excluding hydrogens is 340 g/mol. The molecule has 7 heteroatoms. The summed E-state index contributed by atoms with van der Waals surface area (Å²) >= 11 is 0. The van der Waals surface area contributed by atoms with Gasteiger partial charge in [0.05, 0.1) is 17.7 Å². The fourth-order valence-electron chi connectivity index (χ4n) is 2.34. The Morgan fingerprint density at radius 1 is 1.16 bits per heavy atom. The maximum atomic E-state index is 12.8. The average Bonchev–Trinajstić information content (AvgIpc) is 2.56. The summed E-state index contributed by atoms with van der Waals surface area (Å²) in [6.07, 6.45) is 0. The second-order valence-corrected chi connectivity index (χ2v) is 7.83. The lowest BCUT2D eigenvalue weighted by atomic mass is 10.1. The molecule has 0 aromatic heterocycles. The number of nitrogens with zero attached hydrogens (tertiary/aromatic N) is 1.